The molecule has 4 nitrogen and oxygen atoms in total. The second-order valence-electron chi connectivity index (χ2n) is 4.23. The zero-order valence-electron chi connectivity index (χ0n) is 10.1. The first-order valence-corrected chi connectivity index (χ1v) is 5.89. The topological polar surface area (TPSA) is 51.2 Å². The quantitative estimate of drug-likeness (QED) is 0.764. The molecule has 92 valence electrons. The summed E-state index contributed by atoms with van der Waals surface area (Å²) >= 11 is 0. The Morgan fingerprint density at radius 3 is 2.94 bits per heavy atom. The van der Waals surface area contributed by atoms with Gasteiger partial charge in [0.15, 0.2) is 12.0 Å². The Hall–Kier alpha value is -2.07. The first kappa shape index (κ1) is 11.0. The monoisotopic (exact) mass is 242 g/mol. The van der Waals surface area contributed by atoms with Crippen molar-refractivity contribution >= 4 is 11.1 Å². The summed E-state index contributed by atoms with van der Waals surface area (Å²) in [5.41, 5.74) is 2.85. The van der Waals surface area contributed by atoms with E-state index in [-0.39, 0.29) is 0 Å². The first-order valence-electron chi connectivity index (χ1n) is 5.89. The van der Waals surface area contributed by atoms with Gasteiger partial charge in [-0.3, -0.25) is 0 Å². The van der Waals surface area contributed by atoms with Crippen LogP contribution in [0.3, 0.4) is 0 Å². The summed E-state index contributed by atoms with van der Waals surface area (Å²) in [6.45, 7) is 0.751. The summed E-state index contributed by atoms with van der Waals surface area (Å²) in [6, 6.07) is 10.0. The Kier molecular flexibility index (Phi) is 2.86. The minimum Gasteiger partial charge on any atom is -0.464 e. The highest BCUT2D eigenvalue weighted by atomic mass is 16.3. The van der Waals surface area contributed by atoms with Gasteiger partial charge in [0.1, 0.15) is 17.0 Å². The molecule has 0 unspecified atom stereocenters. The molecule has 0 radical (unpaired) electrons. The van der Waals surface area contributed by atoms with Gasteiger partial charge in [0.05, 0.1) is 6.54 Å². The summed E-state index contributed by atoms with van der Waals surface area (Å²) in [5.74, 6) is 1.91. The van der Waals surface area contributed by atoms with Crippen LogP contribution in [0.1, 0.15) is 17.1 Å². The molecule has 1 N–H and O–H groups in total. The molecule has 2 heterocycles. The molecule has 4 heteroatoms. The SMILES string of the molecule is CNCc1ccc(Cc2ccc3ncoc3c2)o1. The summed E-state index contributed by atoms with van der Waals surface area (Å²) < 4.78 is 11.0. The van der Waals surface area contributed by atoms with Gasteiger partial charge >= 0.3 is 0 Å². The van der Waals surface area contributed by atoms with Gasteiger partial charge in [-0.2, -0.15) is 0 Å². The number of hydrogen-bond acceptors (Lipinski definition) is 4. The van der Waals surface area contributed by atoms with Crippen LogP contribution in [-0.4, -0.2) is 12.0 Å². The predicted octanol–water partition coefficient (Wildman–Crippen LogP) is 2.73. The third kappa shape index (κ3) is 2.15. The fourth-order valence-electron chi connectivity index (χ4n) is 2.00. The molecule has 0 saturated carbocycles. The lowest BCUT2D eigenvalue weighted by Crippen LogP contribution is -2.03. The number of oxazole rings is 1. The van der Waals surface area contributed by atoms with Gasteiger partial charge in [0.2, 0.25) is 0 Å². The van der Waals surface area contributed by atoms with E-state index in [0.717, 1.165) is 41.1 Å². The van der Waals surface area contributed by atoms with Crippen molar-refractivity contribution in [2.75, 3.05) is 7.05 Å². The Morgan fingerprint density at radius 2 is 2.06 bits per heavy atom. The smallest absolute Gasteiger partial charge is 0.181 e. The number of rotatable bonds is 4. The number of aromatic nitrogens is 1. The van der Waals surface area contributed by atoms with Crippen molar-refractivity contribution in [1.29, 1.82) is 0 Å². The van der Waals surface area contributed by atoms with E-state index in [1.54, 1.807) is 0 Å². The zero-order chi connectivity index (χ0) is 12.4. The summed E-state index contributed by atoms with van der Waals surface area (Å²) in [7, 11) is 1.90. The highest BCUT2D eigenvalue weighted by Crippen LogP contribution is 2.18. The van der Waals surface area contributed by atoms with Gasteiger partial charge in [-0.25, -0.2) is 4.98 Å². The molecular weight excluding hydrogens is 228 g/mol. The molecule has 18 heavy (non-hydrogen) atoms. The van der Waals surface area contributed by atoms with Gasteiger partial charge in [0.25, 0.3) is 0 Å². The van der Waals surface area contributed by atoms with Crippen LogP contribution >= 0.6 is 0 Å². The lowest BCUT2D eigenvalue weighted by atomic mass is 10.1. The van der Waals surface area contributed by atoms with Crippen molar-refractivity contribution in [2.45, 2.75) is 13.0 Å². The van der Waals surface area contributed by atoms with Crippen molar-refractivity contribution in [1.82, 2.24) is 10.3 Å². The molecule has 3 rings (SSSR count). The van der Waals surface area contributed by atoms with Gasteiger partial charge in [0, 0.05) is 6.42 Å². The van der Waals surface area contributed by atoms with Gasteiger partial charge in [-0.15, -0.1) is 0 Å². The average molecular weight is 242 g/mol. The van der Waals surface area contributed by atoms with E-state index in [1.807, 2.05) is 37.4 Å². The second kappa shape index (κ2) is 4.66. The molecule has 0 atom stereocenters. The minimum absolute atomic E-state index is 0.751. The molecule has 0 aliphatic heterocycles. The normalized spacial score (nSPS) is 11.2. The maximum atomic E-state index is 5.71. The van der Waals surface area contributed by atoms with Crippen molar-refractivity contribution in [3.63, 3.8) is 0 Å². The molecular formula is C14H14N2O2. The molecule has 0 spiro atoms. The summed E-state index contributed by atoms with van der Waals surface area (Å²) in [5, 5.41) is 3.06. The Morgan fingerprint density at radius 1 is 1.17 bits per heavy atom. The number of furan rings is 1. The van der Waals surface area contributed by atoms with E-state index in [0.29, 0.717) is 0 Å². The largest absolute Gasteiger partial charge is 0.464 e. The van der Waals surface area contributed by atoms with Gasteiger partial charge in [-0.05, 0) is 36.9 Å². The van der Waals surface area contributed by atoms with E-state index >= 15 is 0 Å². The van der Waals surface area contributed by atoms with Crippen LogP contribution in [0.5, 0.6) is 0 Å². The maximum absolute atomic E-state index is 5.71. The van der Waals surface area contributed by atoms with Gasteiger partial charge < -0.3 is 14.2 Å². The number of hydrogen-bond donors (Lipinski definition) is 1. The van der Waals surface area contributed by atoms with Crippen LogP contribution in [0.25, 0.3) is 11.1 Å². The molecule has 2 aromatic heterocycles. The lowest BCUT2D eigenvalue weighted by molar-refractivity contribution is 0.462. The zero-order valence-corrected chi connectivity index (χ0v) is 10.1. The second-order valence-corrected chi connectivity index (χ2v) is 4.23. The standard InChI is InChI=1S/C14H14N2O2/c1-15-8-12-4-3-11(18-12)6-10-2-5-13-14(7-10)17-9-16-13/h2-5,7,9,15H,6,8H2,1H3. The number of nitrogens with zero attached hydrogens (tertiary/aromatic N) is 1. The third-order valence-corrected chi connectivity index (χ3v) is 2.84. The lowest BCUT2D eigenvalue weighted by Gasteiger charge is -1.98. The van der Waals surface area contributed by atoms with E-state index in [4.69, 9.17) is 8.83 Å². The maximum Gasteiger partial charge on any atom is 0.181 e. The fourth-order valence-corrected chi connectivity index (χ4v) is 2.00. The molecule has 1 aromatic carbocycles. The Balaban J connectivity index is 1.81. The molecule has 3 aromatic rings. The number of fused-ring (bicyclic) bond motifs is 1. The molecule has 0 bridgehead atoms. The molecule has 0 amide bonds. The van der Waals surface area contributed by atoms with Crippen LogP contribution in [-0.2, 0) is 13.0 Å². The van der Waals surface area contributed by atoms with E-state index in [2.05, 4.69) is 10.3 Å². The van der Waals surface area contributed by atoms with Crippen LogP contribution < -0.4 is 5.32 Å². The first-order chi connectivity index (χ1) is 8.85. The van der Waals surface area contributed by atoms with Crippen molar-refractivity contribution < 1.29 is 8.83 Å². The Labute approximate surface area is 105 Å². The van der Waals surface area contributed by atoms with E-state index < -0.39 is 0 Å². The fraction of sp³-hybridized carbons (Fsp3) is 0.214. The van der Waals surface area contributed by atoms with Crippen LogP contribution in [0.4, 0.5) is 0 Å². The molecule has 0 saturated heterocycles. The minimum atomic E-state index is 0.751. The van der Waals surface area contributed by atoms with Crippen LogP contribution in [0.2, 0.25) is 0 Å². The van der Waals surface area contributed by atoms with Crippen LogP contribution in [0.15, 0.2) is 45.6 Å². The van der Waals surface area contributed by atoms with Crippen molar-refractivity contribution in [2.24, 2.45) is 0 Å². The van der Waals surface area contributed by atoms with E-state index in [9.17, 15) is 0 Å². The number of nitrogens with one attached hydrogen (secondary N) is 1. The average Bonchev–Trinajstić information content (AvgIpc) is 2.98. The highest BCUT2D eigenvalue weighted by Gasteiger charge is 2.05. The predicted molar refractivity (Wildman–Crippen MR) is 68.3 cm³/mol. The van der Waals surface area contributed by atoms with Crippen LogP contribution in [0, 0.1) is 0 Å². The molecule has 0 aliphatic rings. The summed E-state index contributed by atoms with van der Waals surface area (Å²) in [4.78, 5) is 4.10. The summed E-state index contributed by atoms with van der Waals surface area (Å²) in [6.07, 6.45) is 2.23. The van der Waals surface area contributed by atoms with Crippen molar-refractivity contribution in [3.8, 4) is 0 Å². The van der Waals surface area contributed by atoms with Gasteiger partial charge in [-0.1, -0.05) is 6.07 Å². The van der Waals surface area contributed by atoms with E-state index in [1.165, 1.54) is 6.39 Å². The molecule has 0 aliphatic carbocycles. The molecule has 0 fully saturated rings. The van der Waals surface area contributed by atoms with Crippen molar-refractivity contribution in [3.05, 3.63) is 53.8 Å². The highest BCUT2D eigenvalue weighted by molar-refractivity contribution is 5.72. The third-order valence-electron chi connectivity index (χ3n) is 2.84. The Bertz CT molecular complexity index is 654. The number of benzene rings is 1.